The lowest BCUT2D eigenvalue weighted by Crippen LogP contribution is -2.22. The molecular formula is C9H8F2O3. The van der Waals surface area contributed by atoms with Crippen molar-refractivity contribution in [3.05, 3.63) is 23.3 Å². The normalized spacial score (nSPS) is 20.1. The first-order valence-electron chi connectivity index (χ1n) is 4.14. The Morgan fingerprint density at radius 1 is 1.36 bits per heavy atom. The summed E-state index contributed by atoms with van der Waals surface area (Å²) in [7, 11) is 0. The zero-order chi connectivity index (χ0) is 10.3. The fourth-order valence-corrected chi connectivity index (χ4v) is 1.43. The summed E-state index contributed by atoms with van der Waals surface area (Å²) in [5.41, 5.74) is 0.367. The maximum Gasteiger partial charge on any atom is 0.204 e. The summed E-state index contributed by atoms with van der Waals surface area (Å²) in [4.78, 5) is 0. The molecule has 1 aliphatic rings. The average Bonchev–Trinajstić information content (AvgIpc) is 2.16. The van der Waals surface area contributed by atoms with Gasteiger partial charge in [-0.15, -0.1) is 0 Å². The van der Waals surface area contributed by atoms with Crippen LogP contribution in [0.25, 0.3) is 0 Å². The molecule has 2 rings (SSSR count). The van der Waals surface area contributed by atoms with Gasteiger partial charge in [-0.2, -0.15) is 8.78 Å². The van der Waals surface area contributed by atoms with Crippen LogP contribution in [-0.4, -0.2) is 16.5 Å². The van der Waals surface area contributed by atoms with Crippen molar-refractivity contribution in [3.8, 4) is 11.5 Å². The molecule has 0 saturated carbocycles. The minimum Gasteiger partial charge on any atom is -0.505 e. The molecule has 0 bridgehead atoms. The van der Waals surface area contributed by atoms with Crippen molar-refractivity contribution in [3.63, 3.8) is 0 Å². The maximum atomic E-state index is 13.1. The van der Waals surface area contributed by atoms with E-state index in [1.807, 2.05) is 0 Å². The molecule has 0 aromatic heterocycles. The molecule has 0 aliphatic carbocycles. The van der Waals surface area contributed by atoms with Gasteiger partial charge in [0.25, 0.3) is 0 Å². The van der Waals surface area contributed by atoms with Gasteiger partial charge < -0.3 is 14.9 Å². The molecule has 1 aliphatic heterocycles. The fraction of sp³-hybridized carbons (Fsp3) is 0.333. The summed E-state index contributed by atoms with van der Waals surface area (Å²) in [6.07, 6.45) is -0.459. The van der Waals surface area contributed by atoms with Crippen LogP contribution in [0.3, 0.4) is 0 Å². The van der Waals surface area contributed by atoms with Gasteiger partial charge in [-0.1, -0.05) is 0 Å². The quantitative estimate of drug-likeness (QED) is 0.666. The molecule has 2 N–H and O–H groups in total. The first-order chi connectivity index (χ1) is 6.59. The van der Waals surface area contributed by atoms with Crippen LogP contribution in [0.4, 0.5) is 8.78 Å². The Balaban J connectivity index is 2.55. The van der Waals surface area contributed by atoms with Crippen molar-refractivity contribution in [2.24, 2.45) is 0 Å². The highest BCUT2D eigenvalue weighted by molar-refractivity contribution is 5.43. The molecule has 1 aromatic carbocycles. The monoisotopic (exact) mass is 202 g/mol. The number of aliphatic hydroxyl groups excluding tert-OH is 1. The first kappa shape index (κ1) is 9.21. The third-order valence-electron chi connectivity index (χ3n) is 2.13. The van der Waals surface area contributed by atoms with Gasteiger partial charge in [0.15, 0.2) is 17.8 Å². The van der Waals surface area contributed by atoms with E-state index in [1.165, 1.54) is 0 Å². The van der Waals surface area contributed by atoms with Gasteiger partial charge in [-0.3, -0.25) is 0 Å². The summed E-state index contributed by atoms with van der Waals surface area (Å²) >= 11 is 0. The van der Waals surface area contributed by atoms with Crippen molar-refractivity contribution in [1.82, 2.24) is 0 Å². The van der Waals surface area contributed by atoms with Crippen molar-refractivity contribution < 1.29 is 23.7 Å². The average molecular weight is 202 g/mol. The molecule has 0 radical (unpaired) electrons. The second-order valence-corrected chi connectivity index (χ2v) is 3.12. The van der Waals surface area contributed by atoms with E-state index < -0.39 is 23.7 Å². The number of rotatable bonds is 0. The summed E-state index contributed by atoms with van der Waals surface area (Å²) in [6.45, 7) is 0. The molecule has 5 heteroatoms. The van der Waals surface area contributed by atoms with Crippen LogP contribution in [-0.2, 0) is 6.42 Å². The van der Waals surface area contributed by atoms with Gasteiger partial charge in [0.1, 0.15) is 0 Å². The van der Waals surface area contributed by atoms with Crippen molar-refractivity contribution >= 4 is 0 Å². The van der Waals surface area contributed by atoms with Crippen LogP contribution in [0.5, 0.6) is 11.5 Å². The minimum absolute atomic E-state index is 0.303. The van der Waals surface area contributed by atoms with Gasteiger partial charge in [-0.25, -0.2) is 0 Å². The minimum atomic E-state index is -1.35. The van der Waals surface area contributed by atoms with Crippen LogP contribution in [0.15, 0.2) is 6.07 Å². The number of aryl methyl sites for hydroxylation is 1. The Labute approximate surface area is 78.6 Å². The van der Waals surface area contributed by atoms with Crippen molar-refractivity contribution in [2.75, 3.05) is 0 Å². The lowest BCUT2D eigenvalue weighted by atomic mass is 10.0. The summed E-state index contributed by atoms with van der Waals surface area (Å²) < 4.78 is 30.7. The zero-order valence-corrected chi connectivity index (χ0v) is 7.13. The van der Waals surface area contributed by atoms with E-state index in [-0.39, 0.29) is 5.75 Å². The molecule has 0 saturated heterocycles. The highest BCUT2D eigenvalue weighted by Gasteiger charge is 2.25. The molecule has 14 heavy (non-hydrogen) atoms. The van der Waals surface area contributed by atoms with Crippen LogP contribution >= 0.6 is 0 Å². The lowest BCUT2D eigenvalue weighted by molar-refractivity contribution is -0.0349. The number of ether oxygens (including phenoxy) is 1. The van der Waals surface area contributed by atoms with E-state index in [2.05, 4.69) is 0 Å². The van der Waals surface area contributed by atoms with Crippen LogP contribution in [0, 0.1) is 11.6 Å². The zero-order valence-electron chi connectivity index (χ0n) is 7.13. The van der Waals surface area contributed by atoms with E-state index in [0.717, 1.165) is 6.07 Å². The van der Waals surface area contributed by atoms with Gasteiger partial charge in [0, 0.05) is 12.0 Å². The number of phenols is 1. The van der Waals surface area contributed by atoms with E-state index in [9.17, 15) is 8.78 Å². The van der Waals surface area contributed by atoms with Gasteiger partial charge in [-0.05, 0) is 12.5 Å². The predicted molar refractivity (Wildman–Crippen MR) is 43.0 cm³/mol. The van der Waals surface area contributed by atoms with E-state index in [1.54, 1.807) is 0 Å². The molecule has 3 nitrogen and oxygen atoms in total. The molecule has 0 spiro atoms. The smallest absolute Gasteiger partial charge is 0.204 e. The van der Waals surface area contributed by atoms with Crippen molar-refractivity contribution in [1.29, 1.82) is 0 Å². The maximum absolute atomic E-state index is 13.1. The number of hydrogen-bond acceptors (Lipinski definition) is 3. The molecule has 1 aromatic rings. The number of fused-ring (bicyclic) bond motifs is 1. The van der Waals surface area contributed by atoms with E-state index in [4.69, 9.17) is 14.9 Å². The topological polar surface area (TPSA) is 49.7 Å². The molecule has 1 heterocycles. The van der Waals surface area contributed by atoms with E-state index in [0.29, 0.717) is 18.4 Å². The number of aromatic hydroxyl groups is 1. The summed E-state index contributed by atoms with van der Waals surface area (Å²) in [5.74, 6) is -3.64. The molecule has 0 fully saturated rings. The van der Waals surface area contributed by atoms with Crippen LogP contribution < -0.4 is 4.74 Å². The second-order valence-electron chi connectivity index (χ2n) is 3.12. The third kappa shape index (κ3) is 1.29. The summed E-state index contributed by atoms with van der Waals surface area (Å²) in [6, 6.07) is 1.11. The second kappa shape index (κ2) is 3.09. The Morgan fingerprint density at radius 3 is 2.79 bits per heavy atom. The first-order valence-corrected chi connectivity index (χ1v) is 4.14. The van der Waals surface area contributed by atoms with Crippen molar-refractivity contribution in [2.45, 2.75) is 19.1 Å². The molecule has 1 atom stereocenters. The van der Waals surface area contributed by atoms with E-state index >= 15 is 0 Å². The van der Waals surface area contributed by atoms with Gasteiger partial charge in [0.2, 0.25) is 11.6 Å². The molecular weight excluding hydrogens is 194 g/mol. The van der Waals surface area contributed by atoms with Crippen LogP contribution in [0.1, 0.15) is 12.0 Å². The number of aliphatic hydroxyl groups is 1. The third-order valence-corrected chi connectivity index (χ3v) is 2.13. The Morgan fingerprint density at radius 2 is 2.07 bits per heavy atom. The SMILES string of the molecule is Oc1cc2c(c(F)c1F)OC(O)CC2. The molecule has 76 valence electrons. The van der Waals surface area contributed by atoms with Gasteiger partial charge >= 0.3 is 0 Å². The number of benzene rings is 1. The Hall–Kier alpha value is -1.36. The highest BCUT2D eigenvalue weighted by atomic mass is 19.2. The standard InChI is InChI=1S/C9H8F2O3/c10-7-5(12)3-4-1-2-6(13)14-9(4)8(7)11/h3,6,12-13H,1-2H2. The fourth-order valence-electron chi connectivity index (χ4n) is 1.43. The number of phenolic OH excluding ortho intramolecular Hbond substituents is 1. The lowest BCUT2D eigenvalue weighted by Gasteiger charge is -2.22. The molecule has 0 amide bonds. The Kier molecular flexibility index (Phi) is 2.03. The summed E-state index contributed by atoms with van der Waals surface area (Å²) in [5, 5.41) is 18.1. The number of hydrogen-bond donors (Lipinski definition) is 2. The molecule has 1 unspecified atom stereocenters. The predicted octanol–water partition coefficient (Wildman–Crippen LogP) is 1.31. The van der Waals surface area contributed by atoms with Gasteiger partial charge in [0.05, 0.1) is 0 Å². The number of halogens is 2. The van der Waals surface area contributed by atoms with Crippen LogP contribution in [0.2, 0.25) is 0 Å². The largest absolute Gasteiger partial charge is 0.505 e. The highest BCUT2D eigenvalue weighted by Crippen LogP contribution is 2.35. The Bertz CT molecular complexity index is 379.